The summed E-state index contributed by atoms with van der Waals surface area (Å²) < 4.78 is 4.81. The zero-order valence-electron chi connectivity index (χ0n) is 6.94. The van der Waals surface area contributed by atoms with Crippen LogP contribution in [0.2, 0.25) is 0 Å². The van der Waals surface area contributed by atoms with Gasteiger partial charge in [-0.2, -0.15) is 4.90 Å². The average Bonchev–Trinajstić information content (AvgIpc) is 2.56. The average molecular weight is 183 g/mol. The number of nitrogens with one attached hydrogen (secondary N) is 2. The Morgan fingerprint density at radius 1 is 1.85 bits per heavy atom. The predicted molar refractivity (Wildman–Crippen MR) is 45.4 cm³/mol. The normalized spacial score (nSPS) is 9.31. The molecule has 1 heterocycles. The van der Waals surface area contributed by atoms with Crippen LogP contribution in [0.5, 0.6) is 0 Å². The number of hydrogen-bond acceptors (Lipinski definition) is 4. The van der Waals surface area contributed by atoms with Gasteiger partial charge in [0.05, 0.1) is 6.20 Å². The number of urea groups is 1. The molecule has 0 saturated carbocycles. The van der Waals surface area contributed by atoms with Gasteiger partial charge >= 0.3 is 6.03 Å². The third kappa shape index (κ3) is 1.75. The van der Waals surface area contributed by atoms with E-state index >= 15 is 0 Å². The van der Waals surface area contributed by atoms with Crippen LogP contribution in [0, 0.1) is 5.41 Å². The second kappa shape index (κ2) is 3.57. The van der Waals surface area contributed by atoms with Crippen molar-refractivity contribution in [2.75, 3.05) is 11.9 Å². The van der Waals surface area contributed by atoms with Crippen molar-refractivity contribution in [3.05, 3.63) is 12.6 Å². The lowest BCUT2D eigenvalue weighted by Gasteiger charge is -2.15. The summed E-state index contributed by atoms with van der Waals surface area (Å²) in [6, 6.07) is -0.552. The van der Waals surface area contributed by atoms with E-state index < -0.39 is 12.0 Å². The third-order valence-electron chi connectivity index (χ3n) is 1.30. The second-order valence-corrected chi connectivity index (χ2v) is 2.12. The van der Waals surface area contributed by atoms with E-state index in [1.54, 1.807) is 0 Å². The van der Waals surface area contributed by atoms with E-state index in [2.05, 4.69) is 10.3 Å². The second-order valence-electron chi connectivity index (χ2n) is 2.12. The van der Waals surface area contributed by atoms with Crippen LogP contribution in [-0.4, -0.2) is 24.0 Å². The van der Waals surface area contributed by atoms with Gasteiger partial charge in [0.25, 0.3) is 0 Å². The fourth-order valence-electron chi connectivity index (χ4n) is 0.759. The third-order valence-corrected chi connectivity index (χ3v) is 1.30. The lowest BCUT2D eigenvalue weighted by Crippen LogP contribution is -2.45. The maximum absolute atomic E-state index is 11.2. The minimum Gasteiger partial charge on any atom is -0.427 e. The molecule has 0 aliphatic carbocycles. The number of nitrogens with two attached hydrogens (primary N) is 1. The lowest BCUT2D eigenvalue weighted by atomic mass is 10.6. The van der Waals surface area contributed by atoms with Gasteiger partial charge in [-0.3, -0.25) is 5.41 Å². The Hall–Kier alpha value is -2.05. The molecule has 1 aromatic rings. The van der Waals surface area contributed by atoms with Crippen molar-refractivity contribution in [1.82, 2.24) is 10.3 Å². The van der Waals surface area contributed by atoms with Gasteiger partial charge in [-0.05, 0) is 0 Å². The summed E-state index contributed by atoms with van der Waals surface area (Å²) in [5.41, 5.74) is 5.16. The zero-order chi connectivity index (χ0) is 9.84. The molecule has 0 unspecified atom stereocenters. The molecule has 13 heavy (non-hydrogen) atoms. The van der Waals surface area contributed by atoms with Crippen molar-refractivity contribution in [1.29, 1.82) is 5.41 Å². The summed E-state index contributed by atoms with van der Waals surface area (Å²) in [6.45, 7) is 0. The Labute approximate surface area is 74.0 Å². The summed E-state index contributed by atoms with van der Waals surface area (Å²) in [7, 11) is 1.43. The minimum atomic E-state index is -0.552. The number of carbonyl (C=O) groups excluding carboxylic acids is 1. The fraction of sp³-hybridized carbons (Fsp3) is 0.167. The van der Waals surface area contributed by atoms with Crippen LogP contribution >= 0.6 is 0 Å². The topological polar surface area (TPSA) is 108 Å². The molecule has 0 bridgehead atoms. The number of oxazole rings is 1. The van der Waals surface area contributed by atoms with E-state index in [1.165, 1.54) is 13.2 Å². The van der Waals surface area contributed by atoms with Crippen LogP contribution in [0.25, 0.3) is 0 Å². The first-order valence-electron chi connectivity index (χ1n) is 3.41. The molecular formula is C6H9N5O2. The summed E-state index contributed by atoms with van der Waals surface area (Å²) >= 11 is 0. The molecule has 0 fully saturated rings. The maximum Gasteiger partial charge on any atom is 0.331 e. The molecule has 4 N–H and O–H groups in total. The smallest absolute Gasteiger partial charge is 0.331 e. The van der Waals surface area contributed by atoms with Crippen molar-refractivity contribution in [2.45, 2.75) is 0 Å². The molecule has 0 spiro atoms. The Bertz CT molecular complexity index is 307. The number of nitrogens with zero attached hydrogens (tertiary/aromatic N) is 2. The molecule has 0 atom stereocenters. The van der Waals surface area contributed by atoms with Crippen molar-refractivity contribution in [3.63, 3.8) is 0 Å². The lowest BCUT2D eigenvalue weighted by molar-refractivity contribution is 0.250. The summed E-state index contributed by atoms with van der Waals surface area (Å²) in [4.78, 5) is 15.6. The summed E-state index contributed by atoms with van der Waals surface area (Å²) in [5.74, 6) is -0.331. The van der Waals surface area contributed by atoms with Crippen molar-refractivity contribution >= 4 is 17.9 Å². The molecule has 0 aliphatic rings. The summed E-state index contributed by atoms with van der Waals surface area (Å²) in [5, 5.41) is 9.43. The molecule has 1 aromatic heterocycles. The monoisotopic (exact) mass is 183 g/mol. The number of hydrogen-bond donors (Lipinski definition) is 3. The number of guanidine groups is 1. The van der Waals surface area contributed by atoms with Crippen LogP contribution < -0.4 is 16.0 Å². The highest BCUT2D eigenvalue weighted by Gasteiger charge is 2.19. The molecule has 1 rings (SSSR count). The van der Waals surface area contributed by atoms with E-state index in [9.17, 15) is 4.79 Å². The first-order chi connectivity index (χ1) is 6.16. The van der Waals surface area contributed by atoms with Crippen molar-refractivity contribution in [2.24, 2.45) is 5.73 Å². The maximum atomic E-state index is 11.2. The number of carbonyl (C=O) groups is 1. The van der Waals surface area contributed by atoms with Crippen LogP contribution in [0.3, 0.4) is 0 Å². The summed E-state index contributed by atoms with van der Waals surface area (Å²) in [6.07, 6.45) is 2.44. The SMILES string of the molecule is CNC(=O)N(C(=N)N)c1cnco1. The minimum absolute atomic E-state index is 0.104. The van der Waals surface area contributed by atoms with Crippen molar-refractivity contribution < 1.29 is 9.21 Å². The largest absolute Gasteiger partial charge is 0.427 e. The highest BCUT2D eigenvalue weighted by atomic mass is 16.4. The van der Waals surface area contributed by atoms with Gasteiger partial charge in [0.2, 0.25) is 11.8 Å². The molecule has 70 valence electrons. The van der Waals surface area contributed by atoms with Crippen molar-refractivity contribution in [3.8, 4) is 0 Å². The fourth-order valence-corrected chi connectivity index (χ4v) is 0.759. The Morgan fingerprint density at radius 2 is 2.54 bits per heavy atom. The Kier molecular flexibility index (Phi) is 2.48. The molecule has 0 aromatic carbocycles. The van der Waals surface area contributed by atoms with E-state index in [4.69, 9.17) is 15.6 Å². The molecule has 0 saturated heterocycles. The van der Waals surface area contributed by atoms with Gasteiger partial charge in [0.15, 0.2) is 6.39 Å². The van der Waals surface area contributed by atoms with Crippen LogP contribution in [0.1, 0.15) is 0 Å². The Morgan fingerprint density at radius 3 is 2.92 bits per heavy atom. The van der Waals surface area contributed by atoms with Gasteiger partial charge in [0.1, 0.15) is 0 Å². The van der Waals surface area contributed by atoms with Gasteiger partial charge in [0, 0.05) is 7.05 Å². The molecular weight excluding hydrogens is 174 g/mol. The Balaban J connectivity index is 2.93. The van der Waals surface area contributed by atoms with Crippen LogP contribution in [0.4, 0.5) is 10.7 Å². The quantitative estimate of drug-likeness (QED) is 0.410. The molecule has 2 amide bonds. The van der Waals surface area contributed by atoms with Gasteiger partial charge in [-0.1, -0.05) is 0 Å². The van der Waals surface area contributed by atoms with E-state index in [0.29, 0.717) is 0 Å². The number of aromatic nitrogens is 1. The van der Waals surface area contributed by atoms with Crippen LogP contribution in [0.15, 0.2) is 17.0 Å². The first-order valence-corrected chi connectivity index (χ1v) is 3.41. The van der Waals surface area contributed by atoms with E-state index in [-0.39, 0.29) is 5.88 Å². The molecule has 0 radical (unpaired) electrons. The molecule has 0 aliphatic heterocycles. The standard InChI is InChI=1S/C6H9N5O2/c1-9-6(12)11(5(7)8)4-2-10-3-13-4/h2-3H,1H3,(H3,7,8)(H,9,12). The predicted octanol–water partition coefficient (Wildman–Crippen LogP) is -0.286. The van der Waals surface area contributed by atoms with Gasteiger partial charge in [-0.25, -0.2) is 9.78 Å². The number of anilines is 1. The molecule has 7 heteroatoms. The highest BCUT2D eigenvalue weighted by Crippen LogP contribution is 2.11. The molecule has 7 nitrogen and oxygen atoms in total. The van der Waals surface area contributed by atoms with Gasteiger partial charge in [-0.15, -0.1) is 0 Å². The zero-order valence-corrected chi connectivity index (χ0v) is 6.94. The highest BCUT2D eigenvalue weighted by molar-refractivity contribution is 6.12. The van der Waals surface area contributed by atoms with E-state index in [1.807, 2.05) is 0 Å². The number of amides is 2. The van der Waals surface area contributed by atoms with E-state index in [0.717, 1.165) is 11.3 Å². The van der Waals surface area contributed by atoms with Gasteiger partial charge < -0.3 is 15.5 Å². The van der Waals surface area contributed by atoms with Crippen LogP contribution in [-0.2, 0) is 0 Å². The number of rotatable bonds is 1. The first kappa shape index (κ1) is 9.04.